The van der Waals surface area contributed by atoms with Crippen LogP contribution in [0.2, 0.25) is 0 Å². The molecule has 3 heteroatoms. The third kappa shape index (κ3) is 5.69. The summed E-state index contributed by atoms with van der Waals surface area (Å²) in [6, 6.07) is 70.5. The zero-order valence-electron chi connectivity index (χ0n) is 29.4. The van der Waals surface area contributed by atoms with Gasteiger partial charge in [-0.3, -0.25) is 0 Å². The number of rotatable bonds is 6. The van der Waals surface area contributed by atoms with Crippen molar-refractivity contribution in [3.05, 3.63) is 200 Å². The molecule has 0 fully saturated rings. The molecule has 0 unspecified atom stereocenters. The molecular formula is C51H33N3. The Bertz CT molecular complexity index is 2950. The minimum absolute atomic E-state index is 0.630. The Labute approximate surface area is 313 Å². The average molecular weight is 688 g/mol. The van der Waals surface area contributed by atoms with E-state index in [4.69, 9.17) is 15.0 Å². The molecule has 0 spiro atoms. The molecule has 0 N–H and O–H groups in total. The molecule has 0 aliphatic carbocycles. The molecule has 10 aromatic rings. The summed E-state index contributed by atoms with van der Waals surface area (Å²) in [5, 5.41) is 6.95. The van der Waals surface area contributed by atoms with E-state index in [-0.39, 0.29) is 0 Å². The molecule has 252 valence electrons. The summed E-state index contributed by atoms with van der Waals surface area (Å²) in [5.41, 5.74) is 9.78. The van der Waals surface area contributed by atoms with Gasteiger partial charge in [-0.2, -0.15) is 0 Å². The molecule has 0 saturated heterocycles. The predicted octanol–water partition coefficient (Wildman–Crippen LogP) is 13.3. The van der Waals surface area contributed by atoms with E-state index in [0.29, 0.717) is 17.5 Å². The molecule has 9 aromatic carbocycles. The van der Waals surface area contributed by atoms with Crippen molar-refractivity contribution in [2.45, 2.75) is 0 Å². The van der Waals surface area contributed by atoms with Gasteiger partial charge in [0.1, 0.15) is 0 Å². The highest BCUT2D eigenvalue weighted by molar-refractivity contribution is 6.19. The van der Waals surface area contributed by atoms with Crippen molar-refractivity contribution < 1.29 is 0 Å². The van der Waals surface area contributed by atoms with Crippen molar-refractivity contribution in [2.24, 2.45) is 0 Å². The first kappa shape index (κ1) is 31.5. The van der Waals surface area contributed by atoms with E-state index in [1.807, 2.05) is 12.1 Å². The number of hydrogen-bond acceptors (Lipinski definition) is 3. The Balaban J connectivity index is 1.17. The van der Waals surface area contributed by atoms with Gasteiger partial charge in [0.15, 0.2) is 17.5 Å². The molecule has 1 heterocycles. The van der Waals surface area contributed by atoms with Crippen molar-refractivity contribution in [1.29, 1.82) is 0 Å². The van der Waals surface area contributed by atoms with Gasteiger partial charge in [-0.15, -0.1) is 0 Å². The van der Waals surface area contributed by atoms with Crippen LogP contribution in [0.15, 0.2) is 200 Å². The van der Waals surface area contributed by atoms with Crippen LogP contribution in [-0.2, 0) is 0 Å². The maximum atomic E-state index is 5.34. The molecule has 10 rings (SSSR count). The van der Waals surface area contributed by atoms with Crippen molar-refractivity contribution in [3.8, 4) is 67.5 Å². The van der Waals surface area contributed by atoms with E-state index < -0.39 is 0 Å². The van der Waals surface area contributed by atoms with Crippen LogP contribution in [0.1, 0.15) is 0 Å². The smallest absolute Gasteiger partial charge is 0.165 e. The minimum Gasteiger partial charge on any atom is -0.208 e. The van der Waals surface area contributed by atoms with E-state index >= 15 is 0 Å². The third-order valence-electron chi connectivity index (χ3n) is 10.4. The lowest BCUT2D eigenvalue weighted by atomic mass is 9.93. The quantitative estimate of drug-likeness (QED) is 0.129. The number of fused-ring (bicyclic) bond motifs is 4. The lowest BCUT2D eigenvalue weighted by Crippen LogP contribution is -2.02. The van der Waals surface area contributed by atoms with Gasteiger partial charge in [0.05, 0.1) is 0 Å². The van der Waals surface area contributed by atoms with Gasteiger partial charge in [-0.1, -0.05) is 194 Å². The second kappa shape index (κ2) is 13.4. The average Bonchev–Trinajstić information content (AvgIpc) is 3.26. The predicted molar refractivity (Wildman–Crippen MR) is 225 cm³/mol. The second-order valence-electron chi connectivity index (χ2n) is 13.6. The van der Waals surface area contributed by atoms with Crippen LogP contribution in [0.5, 0.6) is 0 Å². The zero-order chi connectivity index (χ0) is 35.8. The van der Waals surface area contributed by atoms with E-state index in [1.54, 1.807) is 0 Å². The summed E-state index contributed by atoms with van der Waals surface area (Å²) in [4.78, 5) is 15.9. The monoisotopic (exact) mass is 687 g/mol. The summed E-state index contributed by atoms with van der Waals surface area (Å²) in [7, 11) is 0. The summed E-state index contributed by atoms with van der Waals surface area (Å²) in [6.45, 7) is 0. The molecule has 0 atom stereocenters. The van der Waals surface area contributed by atoms with Gasteiger partial charge >= 0.3 is 0 Å². The highest BCUT2D eigenvalue weighted by Crippen LogP contribution is 2.40. The molecule has 54 heavy (non-hydrogen) atoms. The van der Waals surface area contributed by atoms with Crippen molar-refractivity contribution in [3.63, 3.8) is 0 Å². The van der Waals surface area contributed by atoms with Crippen molar-refractivity contribution in [1.82, 2.24) is 15.0 Å². The van der Waals surface area contributed by atoms with Gasteiger partial charge < -0.3 is 0 Å². The number of benzene rings is 9. The van der Waals surface area contributed by atoms with Crippen LogP contribution in [-0.4, -0.2) is 15.0 Å². The summed E-state index contributed by atoms with van der Waals surface area (Å²) >= 11 is 0. The van der Waals surface area contributed by atoms with Gasteiger partial charge in [-0.05, 0) is 71.8 Å². The van der Waals surface area contributed by atoms with Gasteiger partial charge in [-0.25, -0.2) is 15.0 Å². The standard InChI is InChI=1S/C51H33N3/c1-3-13-34(14-4-1)35-23-25-36(26-24-35)37-27-29-40(30-28-37)49-52-50(46-22-12-11-19-42(46)38-15-5-2-6-16-38)54-51(53-49)48-44-21-10-8-18-41(44)33-47-43-20-9-7-17-39(43)31-32-45(47)48/h1-33H. The lowest BCUT2D eigenvalue weighted by molar-refractivity contribution is 1.08. The highest BCUT2D eigenvalue weighted by Gasteiger charge is 2.19. The van der Waals surface area contributed by atoms with Crippen LogP contribution in [0.3, 0.4) is 0 Å². The Morgan fingerprint density at radius 3 is 1.41 bits per heavy atom. The SMILES string of the molecule is c1ccc(-c2ccc(-c3ccc(-c4nc(-c5ccccc5-c5ccccc5)nc(-c5c6ccccc6cc6c5ccc5ccccc56)n4)cc3)cc2)cc1. The highest BCUT2D eigenvalue weighted by atomic mass is 15.0. The fourth-order valence-corrected chi connectivity index (χ4v) is 7.64. The fraction of sp³-hybridized carbons (Fsp3) is 0. The third-order valence-corrected chi connectivity index (χ3v) is 10.4. The molecule has 0 amide bonds. The molecule has 3 nitrogen and oxygen atoms in total. The van der Waals surface area contributed by atoms with Crippen molar-refractivity contribution in [2.75, 3.05) is 0 Å². The fourth-order valence-electron chi connectivity index (χ4n) is 7.64. The van der Waals surface area contributed by atoms with Crippen LogP contribution >= 0.6 is 0 Å². The Morgan fingerprint density at radius 1 is 0.241 bits per heavy atom. The largest absolute Gasteiger partial charge is 0.208 e. The lowest BCUT2D eigenvalue weighted by Gasteiger charge is -2.15. The van der Waals surface area contributed by atoms with Gasteiger partial charge in [0.2, 0.25) is 0 Å². The van der Waals surface area contributed by atoms with Gasteiger partial charge in [0, 0.05) is 16.7 Å². The summed E-state index contributed by atoms with van der Waals surface area (Å²) < 4.78 is 0. The summed E-state index contributed by atoms with van der Waals surface area (Å²) in [5.74, 6) is 1.91. The topological polar surface area (TPSA) is 38.7 Å². The maximum absolute atomic E-state index is 5.34. The Morgan fingerprint density at radius 2 is 0.722 bits per heavy atom. The second-order valence-corrected chi connectivity index (χ2v) is 13.6. The molecule has 0 aliphatic heterocycles. The van der Waals surface area contributed by atoms with Crippen LogP contribution in [0.4, 0.5) is 0 Å². The van der Waals surface area contributed by atoms with Crippen LogP contribution in [0.25, 0.3) is 99.9 Å². The van der Waals surface area contributed by atoms with E-state index in [0.717, 1.165) is 55.1 Å². The van der Waals surface area contributed by atoms with Crippen molar-refractivity contribution >= 4 is 32.3 Å². The zero-order valence-corrected chi connectivity index (χ0v) is 29.4. The van der Waals surface area contributed by atoms with Crippen LogP contribution < -0.4 is 0 Å². The normalized spacial score (nSPS) is 11.3. The minimum atomic E-state index is 0.630. The molecule has 0 bridgehead atoms. The first-order valence-electron chi connectivity index (χ1n) is 18.3. The van der Waals surface area contributed by atoms with E-state index in [9.17, 15) is 0 Å². The van der Waals surface area contributed by atoms with Gasteiger partial charge in [0.25, 0.3) is 0 Å². The first-order chi connectivity index (χ1) is 26.8. The molecule has 0 radical (unpaired) electrons. The van der Waals surface area contributed by atoms with E-state index in [2.05, 4.69) is 188 Å². The number of aromatic nitrogens is 3. The summed E-state index contributed by atoms with van der Waals surface area (Å²) in [6.07, 6.45) is 0. The maximum Gasteiger partial charge on any atom is 0.165 e. The Kier molecular flexibility index (Phi) is 7.81. The Hall–Kier alpha value is -7.23. The molecule has 1 aromatic heterocycles. The molecular weight excluding hydrogens is 655 g/mol. The van der Waals surface area contributed by atoms with Crippen LogP contribution in [0, 0.1) is 0 Å². The number of nitrogens with zero attached hydrogens (tertiary/aromatic N) is 3. The first-order valence-corrected chi connectivity index (χ1v) is 18.3. The molecule has 0 saturated carbocycles. The molecule has 0 aliphatic rings. The number of hydrogen-bond donors (Lipinski definition) is 0. The van der Waals surface area contributed by atoms with E-state index in [1.165, 1.54) is 27.3 Å².